The highest BCUT2D eigenvalue weighted by Gasteiger charge is 2.53. The number of carbonyl (C=O) groups is 1. The first-order valence-corrected chi connectivity index (χ1v) is 11.6. The number of furan rings is 1. The van der Waals surface area contributed by atoms with Gasteiger partial charge < -0.3 is 14.5 Å². The third-order valence-corrected chi connectivity index (χ3v) is 8.46. The van der Waals surface area contributed by atoms with E-state index in [1.807, 2.05) is 18.2 Å². The number of rotatable bonds is 5. The molecule has 2 aromatic heterocycles. The number of nitrogens with zero attached hydrogens (tertiary/aromatic N) is 2. The van der Waals surface area contributed by atoms with Crippen molar-refractivity contribution in [2.75, 3.05) is 12.4 Å². The smallest absolute Gasteiger partial charge is 0.230 e. The molecule has 4 aliphatic rings. The Balaban J connectivity index is 1.17. The number of hydrogen-bond acceptors (Lipinski definition) is 6. The van der Waals surface area contributed by atoms with Crippen molar-refractivity contribution < 1.29 is 13.9 Å². The Hall–Kier alpha value is -2.41. The summed E-state index contributed by atoms with van der Waals surface area (Å²) in [5, 5.41) is 14.5. The third-order valence-electron chi connectivity index (χ3n) is 7.38. The van der Waals surface area contributed by atoms with Gasteiger partial charge >= 0.3 is 0 Å². The second kappa shape index (κ2) is 6.80. The minimum atomic E-state index is -0.0956. The highest BCUT2D eigenvalue weighted by Crippen LogP contribution is 2.61. The van der Waals surface area contributed by atoms with E-state index in [2.05, 4.69) is 15.5 Å². The molecule has 4 fully saturated rings. The van der Waals surface area contributed by atoms with E-state index in [1.54, 1.807) is 24.7 Å². The molecule has 1 amide bonds. The number of aromatic nitrogens is 2. The van der Waals surface area contributed by atoms with Gasteiger partial charge in [0.15, 0.2) is 0 Å². The molecule has 156 valence electrons. The molecule has 0 unspecified atom stereocenters. The first-order valence-electron chi connectivity index (χ1n) is 10.8. The van der Waals surface area contributed by atoms with Crippen molar-refractivity contribution in [3.63, 3.8) is 0 Å². The number of hydrogen-bond donors (Lipinski definition) is 1. The summed E-state index contributed by atoms with van der Waals surface area (Å²) >= 11 is 1.58. The molecular weight excluding hydrogens is 398 g/mol. The largest absolute Gasteiger partial charge is 0.497 e. The molecule has 2 heterocycles. The fourth-order valence-electron chi connectivity index (χ4n) is 6.52. The number of methoxy groups -OCH3 is 1. The molecule has 6 nitrogen and oxygen atoms in total. The summed E-state index contributed by atoms with van der Waals surface area (Å²) in [5.74, 6) is 3.24. The van der Waals surface area contributed by atoms with E-state index in [1.165, 1.54) is 38.5 Å². The van der Waals surface area contributed by atoms with Gasteiger partial charge in [-0.15, -0.1) is 10.2 Å². The molecule has 0 saturated heterocycles. The Kier molecular flexibility index (Phi) is 4.17. The monoisotopic (exact) mass is 423 g/mol. The normalized spacial score (nSPS) is 29.4. The van der Waals surface area contributed by atoms with Gasteiger partial charge in [0, 0.05) is 22.4 Å². The van der Waals surface area contributed by atoms with Crippen LogP contribution in [-0.4, -0.2) is 23.2 Å². The fraction of sp³-hybridized carbons (Fsp3) is 0.522. The van der Waals surface area contributed by atoms with E-state index < -0.39 is 0 Å². The van der Waals surface area contributed by atoms with Gasteiger partial charge in [-0.05, 0) is 68.4 Å². The highest BCUT2D eigenvalue weighted by atomic mass is 32.1. The van der Waals surface area contributed by atoms with Crippen LogP contribution in [-0.2, 0) is 16.6 Å². The van der Waals surface area contributed by atoms with Gasteiger partial charge in [-0.1, -0.05) is 11.3 Å². The Morgan fingerprint density at radius 1 is 1.20 bits per heavy atom. The number of nitrogens with one attached hydrogen (secondary N) is 1. The van der Waals surface area contributed by atoms with Crippen LogP contribution in [0.15, 0.2) is 28.9 Å². The number of fused-ring (bicyclic) bond motifs is 1. The number of ether oxygens (including phenoxy) is 1. The fourth-order valence-corrected chi connectivity index (χ4v) is 7.50. The maximum atomic E-state index is 12.7. The van der Waals surface area contributed by atoms with Crippen LogP contribution in [0.4, 0.5) is 5.13 Å². The minimum absolute atomic E-state index is 0.0956. The third kappa shape index (κ3) is 3.02. The molecule has 0 radical (unpaired) electrons. The average molecular weight is 424 g/mol. The lowest BCUT2D eigenvalue weighted by Gasteiger charge is -2.55. The first kappa shape index (κ1) is 18.4. The molecule has 1 aromatic carbocycles. The lowest BCUT2D eigenvalue weighted by molar-refractivity contribution is -0.115. The van der Waals surface area contributed by atoms with Gasteiger partial charge in [0.2, 0.25) is 11.0 Å². The molecule has 7 heteroatoms. The maximum Gasteiger partial charge on any atom is 0.230 e. The summed E-state index contributed by atoms with van der Waals surface area (Å²) in [4.78, 5) is 12.7. The maximum absolute atomic E-state index is 12.7. The average Bonchev–Trinajstić information content (AvgIpc) is 3.34. The second-order valence-electron chi connectivity index (χ2n) is 9.46. The standard InChI is InChI=1S/C23H25N3O3S/c1-28-17-2-3-18-16(12-29-19(18)8-17)7-20(27)24-22-26-25-21(30-22)23-9-13-4-14(10-23)6-15(5-13)11-23/h2-3,8,12-15H,4-7,9-11H2,1H3,(H,24,26,27). The van der Waals surface area contributed by atoms with Gasteiger partial charge in [-0.25, -0.2) is 0 Å². The zero-order chi connectivity index (χ0) is 20.3. The van der Waals surface area contributed by atoms with Crippen molar-refractivity contribution >= 4 is 33.3 Å². The number of anilines is 1. The summed E-state index contributed by atoms with van der Waals surface area (Å²) in [6, 6.07) is 5.64. The number of carbonyl (C=O) groups excluding carboxylic acids is 1. The van der Waals surface area contributed by atoms with Crippen LogP contribution in [0.5, 0.6) is 5.75 Å². The molecule has 4 bridgehead atoms. The van der Waals surface area contributed by atoms with Crippen molar-refractivity contribution in [1.29, 1.82) is 0 Å². The SMILES string of the molecule is COc1ccc2c(CC(=O)Nc3nnc(C45CC6CC(CC(C6)C4)C5)s3)coc2c1. The quantitative estimate of drug-likeness (QED) is 0.629. The van der Waals surface area contributed by atoms with Gasteiger partial charge in [-0.2, -0.15) is 0 Å². The Morgan fingerprint density at radius 2 is 1.93 bits per heavy atom. The van der Waals surface area contributed by atoms with Crippen LogP contribution in [0.2, 0.25) is 0 Å². The predicted molar refractivity (Wildman–Crippen MR) is 115 cm³/mol. The molecule has 4 aliphatic carbocycles. The minimum Gasteiger partial charge on any atom is -0.497 e. The van der Waals surface area contributed by atoms with E-state index in [4.69, 9.17) is 9.15 Å². The van der Waals surface area contributed by atoms with Crippen molar-refractivity contribution in [3.05, 3.63) is 35.0 Å². The predicted octanol–water partition coefficient (Wildman–Crippen LogP) is 4.94. The van der Waals surface area contributed by atoms with E-state index in [-0.39, 0.29) is 17.7 Å². The van der Waals surface area contributed by atoms with Crippen LogP contribution in [0.25, 0.3) is 11.0 Å². The molecule has 3 aromatic rings. The van der Waals surface area contributed by atoms with Crippen LogP contribution < -0.4 is 10.1 Å². The van der Waals surface area contributed by atoms with Crippen LogP contribution in [0.3, 0.4) is 0 Å². The van der Waals surface area contributed by atoms with Crippen molar-refractivity contribution in [2.24, 2.45) is 17.8 Å². The van der Waals surface area contributed by atoms with E-state index in [0.717, 1.165) is 45.0 Å². The summed E-state index contributed by atoms with van der Waals surface area (Å²) in [5.41, 5.74) is 1.79. The van der Waals surface area contributed by atoms with E-state index in [9.17, 15) is 4.79 Å². The molecule has 4 saturated carbocycles. The summed E-state index contributed by atoms with van der Waals surface area (Å²) in [6.07, 6.45) is 9.88. The molecule has 0 aliphatic heterocycles. The molecule has 0 spiro atoms. The van der Waals surface area contributed by atoms with Gasteiger partial charge in [0.1, 0.15) is 16.3 Å². The Bertz CT molecular complexity index is 1080. The van der Waals surface area contributed by atoms with E-state index in [0.29, 0.717) is 5.13 Å². The first-order chi connectivity index (χ1) is 14.6. The van der Waals surface area contributed by atoms with Crippen molar-refractivity contribution in [3.8, 4) is 5.75 Å². The molecule has 30 heavy (non-hydrogen) atoms. The Labute approximate surface area is 179 Å². The lowest BCUT2D eigenvalue weighted by Crippen LogP contribution is -2.48. The van der Waals surface area contributed by atoms with Crippen LogP contribution in [0.1, 0.15) is 49.1 Å². The molecule has 0 atom stereocenters. The lowest BCUT2D eigenvalue weighted by atomic mass is 9.50. The number of benzene rings is 1. The summed E-state index contributed by atoms with van der Waals surface area (Å²) in [7, 11) is 1.62. The zero-order valence-electron chi connectivity index (χ0n) is 17.0. The van der Waals surface area contributed by atoms with Gasteiger partial charge in [0.05, 0.1) is 19.8 Å². The topological polar surface area (TPSA) is 77.2 Å². The highest BCUT2D eigenvalue weighted by molar-refractivity contribution is 7.15. The second-order valence-corrected chi connectivity index (χ2v) is 10.4. The van der Waals surface area contributed by atoms with Gasteiger partial charge in [0.25, 0.3) is 0 Å². The van der Waals surface area contributed by atoms with Crippen LogP contribution >= 0.6 is 11.3 Å². The zero-order valence-corrected chi connectivity index (χ0v) is 17.8. The Morgan fingerprint density at radius 3 is 2.63 bits per heavy atom. The van der Waals surface area contributed by atoms with Crippen LogP contribution in [0, 0.1) is 17.8 Å². The van der Waals surface area contributed by atoms with Gasteiger partial charge in [-0.3, -0.25) is 4.79 Å². The summed E-state index contributed by atoms with van der Waals surface area (Å²) < 4.78 is 10.8. The summed E-state index contributed by atoms with van der Waals surface area (Å²) in [6.45, 7) is 0. The van der Waals surface area contributed by atoms with Crippen molar-refractivity contribution in [1.82, 2.24) is 10.2 Å². The molecule has 7 rings (SSSR count). The number of amides is 1. The molecular formula is C23H25N3O3S. The van der Waals surface area contributed by atoms with Crippen molar-refractivity contribution in [2.45, 2.75) is 50.4 Å². The molecule has 1 N–H and O–H groups in total. The van der Waals surface area contributed by atoms with E-state index >= 15 is 0 Å².